The third-order valence-corrected chi connectivity index (χ3v) is 1.64. The van der Waals surface area contributed by atoms with Crippen molar-refractivity contribution in [3.63, 3.8) is 0 Å². The Bertz CT molecular complexity index is 296. The zero-order valence-electron chi connectivity index (χ0n) is 6.82. The van der Waals surface area contributed by atoms with Gasteiger partial charge in [-0.3, -0.25) is 4.79 Å². The highest BCUT2D eigenvalue weighted by molar-refractivity contribution is 6.06. The highest BCUT2D eigenvalue weighted by Crippen LogP contribution is 2.15. The Kier molecular flexibility index (Phi) is 2.64. The van der Waals surface area contributed by atoms with Gasteiger partial charge in [0.1, 0.15) is 12.0 Å². The summed E-state index contributed by atoms with van der Waals surface area (Å²) in [5, 5.41) is 8.98. The Morgan fingerprint density at radius 3 is 2.33 bits per heavy atom. The molecule has 1 aromatic carbocycles. The number of hydrogen-bond acceptors (Lipinski definition) is 2. The second-order valence-electron chi connectivity index (χ2n) is 2.41. The van der Waals surface area contributed by atoms with Gasteiger partial charge < -0.3 is 5.11 Å². The molecule has 0 heterocycles. The minimum absolute atomic E-state index is 0.208. The number of allylic oxidation sites excluding steroid dienone is 2. The van der Waals surface area contributed by atoms with Crippen molar-refractivity contribution < 1.29 is 9.90 Å². The number of hydrogen-bond donors (Lipinski definition) is 1. The molecule has 0 aliphatic rings. The first kappa shape index (κ1) is 8.53. The lowest BCUT2D eigenvalue weighted by Crippen LogP contribution is -1.83. The van der Waals surface area contributed by atoms with E-state index in [0.717, 1.165) is 11.8 Å². The number of phenols is 1. The molecule has 2 heteroatoms. The fraction of sp³-hybridized carbons (Fsp3) is 0.100. The molecule has 0 bridgehead atoms. The van der Waals surface area contributed by atoms with E-state index in [1.165, 1.54) is 0 Å². The molecular weight excluding hydrogens is 152 g/mol. The van der Waals surface area contributed by atoms with Gasteiger partial charge in [0.15, 0.2) is 0 Å². The lowest BCUT2D eigenvalue weighted by molar-refractivity contribution is -0.103. The molecule has 1 N–H and O–H groups in total. The molecule has 0 spiro atoms. The van der Waals surface area contributed by atoms with Crippen LogP contribution in [0.3, 0.4) is 0 Å². The van der Waals surface area contributed by atoms with E-state index in [4.69, 9.17) is 5.11 Å². The molecule has 12 heavy (non-hydrogen) atoms. The normalized spacial score (nSPS) is 11.2. The van der Waals surface area contributed by atoms with Gasteiger partial charge in [0, 0.05) is 5.57 Å². The fourth-order valence-corrected chi connectivity index (χ4v) is 0.957. The molecule has 1 aromatic rings. The van der Waals surface area contributed by atoms with Crippen LogP contribution in [0.2, 0.25) is 0 Å². The van der Waals surface area contributed by atoms with Gasteiger partial charge in [-0.15, -0.1) is 0 Å². The maximum absolute atomic E-state index is 10.5. The summed E-state index contributed by atoms with van der Waals surface area (Å²) >= 11 is 0. The van der Waals surface area contributed by atoms with Crippen LogP contribution in [0, 0.1) is 0 Å². The zero-order chi connectivity index (χ0) is 8.97. The van der Waals surface area contributed by atoms with Crippen molar-refractivity contribution in [2.75, 3.05) is 0 Å². The molecule has 2 nitrogen and oxygen atoms in total. The Hall–Kier alpha value is -1.57. The average Bonchev–Trinajstić information content (AvgIpc) is 2.10. The van der Waals surface area contributed by atoms with Crippen molar-refractivity contribution in [3.8, 4) is 5.75 Å². The topological polar surface area (TPSA) is 37.3 Å². The maximum Gasteiger partial charge on any atom is 0.150 e. The van der Waals surface area contributed by atoms with Crippen LogP contribution in [0.1, 0.15) is 12.5 Å². The Balaban J connectivity index is 3.04. The molecule has 1 rings (SSSR count). The summed E-state index contributed by atoms with van der Waals surface area (Å²) in [6, 6.07) is 6.53. The smallest absolute Gasteiger partial charge is 0.150 e. The first-order valence-electron chi connectivity index (χ1n) is 3.69. The summed E-state index contributed by atoms with van der Waals surface area (Å²) in [6.45, 7) is 1.80. The van der Waals surface area contributed by atoms with Crippen molar-refractivity contribution in [2.24, 2.45) is 0 Å². The van der Waals surface area contributed by atoms with Crippen molar-refractivity contribution in [1.29, 1.82) is 0 Å². The van der Waals surface area contributed by atoms with Crippen LogP contribution in [0.5, 0.6) is 5.75 Å². The Morgan fingerprint density at radius 1 is 1.33 bits per heavy atom. The summed E-state index contributed by atoms with van der Waals surface area (Å²) in [7, 11) is 0. The number of aromatic hydroxyl groups is 1. The van der Waals surface area contributed by atoms with Crippen LogP contribution in [0.4, 0.5) is 0 Å². The van der Waals surface area contributed by atoms with Gasteiger partial charge >= 0.3 is 0 Å². The molecule has 0 aromatic heterocycles. The molecule has 0 aliphatic heterocycles. The van der Waals surface area contributed by atoms with Crippen LogP contribution in [-0.4, -0.2) is 11.4 Å². The molecule has 0 saturated carbocycles. The monoisotopic (exact) mass is 162 g/mol. The Morgan fingerprint density at radius 2 is 1.92 bits per heavy atom. The van der Waals surface area contributed by atoms with E-state index < -0.39 is 0 Å². The molecule has 0 radical (unpaired) electrons. The largest absolute Gasteiger partial charge is 0.508 e. The summed E-state index contributed by atoms with van der Waals surface area (Å²) in [5.74, 6) is 0.208. The van der Waals surface area contributed by atoms with Gasteiger partial charge in [-0.05, 0) is 24.6 Å². The lowest BCUT2D eigenvalue weighted by atomic mass is 10.1. The van der Waals surface area contributed by atoms with E-state index in [2.05, 4.69) is 0 Å². The summed E-state index contributed by atoms with van der Waals surface area (Å²) < 4.78 is 0. The molecule has 0 unspecified atom stereocenters. The van der Waals surface area contributed by atoms with E-state index in [1.54, 1.807) is 37.3 Å². The number of carbonyl (C=O) groups is 1. The number of benzene rings is 1. The second kappa shape index (κ2) is 3.72. The van der Waals surface area contributed by atoms with Gasteiger partial charge in [-0.25, -0.2) is 0 Å². The van der Waals surface area contributed by atoms with Crippen molar-refractivity contribution in [1.82, 2.24) is 0 Å². The average molecular weight is 162 g/mol. The van der Waals surface area contributed by atoms with E-state index in [9.17, 15) is 4.79 Å². The second-order valence-corrected chi connectivity index (χ2v) is 2.41. The van der Waals surface area contributed by atoms with Gasteiger partial charge in [-0.1, -0.05) is 18.2 Å². The summed E-state index contributed by atoms with van der Waals surface area (Å²) in [5.41, 5.74) is 1.46. The van der Waals surface area contributed by atoms with Crippen molar-refractivity contribution >= 4 is 11.9 Å². The molecule has 0 aliphatic carbocycles. The van der Waals surface area contributed by atoms with Crippen LogP contribution in [0.25, 0.3) is 5.57 Å². The molecule has 0 fully saturated rings. The standard InChI is InChI=1S/C10H10O2/c1-2-8(7-11)9-3-5-10(12)6-4-9/h2-7,12H,1H3. The van der Waals surface area contributed by atoms with E-state index in [0.29, 0.717) is 5.57 Å². The minimum Gasteiger partial charge on any atom is -0.508 e. The third-order valence-electron chi connectivity index (χ3n) is 1.64. The zero-order valence-corrected chi connectivity index (χ0v) is 6.82. The molecule has 0 saturated heterocycles. The van der Waals surface area contributed by atoms with Crippen LogP contribution in [0.15, 0.2) is 30.3 Å². The Labute approximate surface area is 71.2 Å². The highest BCUT2D eigenvalue weighted by Gasteiger charge is 1.97. The van der Waals surface area contributed by atoms with Gasteiger partial charge in [-0.2, -0.15) is 0 Å². The number of carbonyl (C=O) groups excluding carboxylic acids is 1. The molecule has 62 valence electrons. The van der Waals surface area contributed by atoms with E-state index in [1.807, 2.05) is 0 Å². The first-order valence-corrected chi connectivity index (χ1v) is 3.69. The molecule has 0 amide bonds. The van der Waals surface area contributed by atoms with Gasteiger partial charge in [0.2, 0.25) is 0 Å². The van der Waals surface area contributed by atoms with E-state index in [-0.39, 0.29) is 5.75 Å². The lowest BCUT2D eigenvalue weighted by Gasteiger charge is -1.98. The van der Waals surface area contributed by atoms with Crippen LogP contribution in [-0.2, 0) is 4.79 Å². The third kappa shape index (κ3) is 1.72. The quantitative estimate of drug-likeness (QED) is 0.533. The molecular formula is C10H10O2. The van der Waals surface area contributed by atoms with Crippen molar-refractivity contribution in [3.05, 3.63) is 35.9 Å². The fourth-order valence-electron chi connectivity index (χ4n) is 0.957. The van der Waals surface area contributed by atoms with E-state index >= 15 is 0 Å². The summed E-state index contributed by atoms with van der Waals surface area (Å²) in [4.78, 5) is 10.5. The number of aldehydes is 1. The summed E-state index contributed by atoms with van der Waals surface area (Å²) in [6.07, 6.45) is 2.53. The highest BCUT2D eigenvalue weighted by atomic mass is 16.3. The maximum atomic E-state index is 10.5. The SMILES string of the molecule is CC=C(C=O)c1ccc(O)cc1. The number of rotatable bonds is 2. The van der Waals surface area contributed by atoms with Gasteiger partial charge in [0.25, 0.3) is 0 Å². The minimum atomic E-state index is 0.208. The van der Waals surface area contributed by atoms with Crippen LogP contribution >= 0.6 is 0 Å². The van der Waals surface area contributed by atoms with Crippen molar-refractivity contribution in [2.45, 2.75) is 6.92 Å². The molecule has 0 atom stereocenters. The first-order chi connectivity index (χ1) is 5.77. The number of phenolic OH excluding ortho intramolecular Hbond substituents is 1. The van der Waals surface area contributed by atoms with Gasteiger partial charge in [0.05, 0.1) is 0 Å². The van der Waals surface area contributed by atoms with Crippen LogP contribution < -0.4 is 0 Å². The predicted octanol–water partition coefficient (Wildman–Crippen LogP) is 1.99. The predicted molar refractivity (Wildman–Crippen MR) is 47.8 cm³/mol.